The highest BCUT2D eigenvalue weighted by Crippen LogP contribution is 2.30. The van der Waals surface area contributed by atoms with Crippen molar-refractivity contribution in [3.63, 3.8) is 0 Å². The zero-order valence-electron chi connectivity index (χ0n) is 16.4. The molecule has 4 nitrogen and oxygen atoms in total. The average Bonchev–Trinajstić information content (AvgIpc) is 2.72. The van der Waals surface area contributed by atoms with Crippen molar-refractivity contribution in [1.29, 1.82) is 0 Å². The maximum Gasteiger partial charge on any atom is 0.416 e. The van der Waals surface area contributed by atoms with Crippen molar-refractivity contribution in [2.45, 2.75) is 25.1 Å². The van der Waals surface area contributed by atoms with E-state index < -0.39 is 17.8 Å². The van der Waals surface area contributed by atoms with E-state index >= 15 is 0 Å². The number of benzene rings is 2. The molecule has 8 heteroatoms. The first kappa shape index (κ1) is 22.7. The monoisotopic (exact) mass is 443 g/mol. The Balaban J connectivity index is 1.40. The summed E-state index contributed by atoms with van der Waals surface area (Å²) in [6, 6.07) is 11.7. The number of halogens is 4. The Morgan fingerprint density at radius 1 is 1.03 bits per heavy atom. The van der Waals surface area contributed by atoms with E-state index in [-0.39, 0.29) is 12.5 Å². The molecule has 1 aliphatic heterocycles. The van der Waals surface area contributed by atoms with E-state index in [9.17, 15) is 18.3 Å². The van der Waals surface area contributed by atoms with Gasteiger partial charge in [0.2, 0.25) is 0 Å². The summed E-state index contributed by atoms with van der Waals surface area (Å²) in [6.45, 7) is 2.75. The number of aliphatic hydroxyl groups excluding tert-OH is 1. The molecule has 30 heavy (non-hydrogen) atoms. The van der Waals surface area contributed by atoms with Crippen molar-refractivity contribution >= 4 is 11.6 Å². The Hall–Kier alpha value is -1.96. The quantitative estimate of drug-likeness (QED) is 0.630. The molecule has 2 aromatic rings. The van der Waals surface area contributed by atoms with Crippen LogP contribution in [0.25, 0.3) is 0 Å². The van der Waals surface area contributed by atoms with Gasteiger partial charge >= 0.3 is 6.18 Å². The molecule has 1 saturated heterocycles. The lowest BCUT2D eigenvalue weighted by molar-refractivity contribution is -0.137. The largest absolute Gasteiger partial charge is 0.493 e. The first-order chi connectivity index (χ1) is 14.3. The maximum atomic E-state index is 12.6. The summed E-state index contributed by atoms with van der Waals surface area (Å²) in [7, 11) is 0. The van der Waals surface area contributed by atoms with Gasteiger partial charge in [0.1, 0.15) is 24.2 Å². The molecule has 0 aromatic heterocycles. The molecule has 1 fully saturated rings. The average molecular weight is 444 g/mol. The summed E-state index contributed by atoms with van der Waals surface area (Å²) < 4.78 is 49.2. The van der Waals surface area contributed by atoms with Crippen LogP contribution in [0.15, 0.2) is 48.5 Å². The number of nitrogens with zero attached hydrogens (tertiary/aromatic N) is 1. The van der Waals surface area contributed by atoms with Crippen LogP contribution in [0.3, 0.4) is 0 Å². The zero-order chi connectivity index (χ0) is 21.6. The molecule has 0 aliphatic carbocycles. The first-order valence-electron chi connectivity index (χ1n) is 9.88. The van der Waals surface area contributed by atoms with Crippen LogP contribution in [-0.2, 0) is 6.18 Å². The third kappa shape index (κ3) is 7.07. The Morgan fingerprint density at radius 2 is 1.67 bits per heavy atom. The fourth-order valence-electron chi connectivity index (χ4n) is 3.48. The van der Waals surface area contributed by atoms with Gasteiger partial charge in [-0.2, -0.15) is 13.2 Å². The predicted molar refractivity (Wildman–Crippen MR) is 109 cm³/mol. The SMILES string of the molecule is OC(COc1ccc(Cl)cc1)CN1CCCC(COc2ccc(C(F)(F)F)cc2)C1. The van der Waals surface area contributed by atoms with Crippen LogP contribution < -0.4 is 9.47 Å². The maximum absolute atomic E-state index is 12.6. The van der Waals surface area contributed by atoms with E-state index in [4.69, 9.17) is 21.1 Å². The van der Waals surface area contributed by atoms with Gasteiger partial charge in [0, 0.05) is 24.0 Å². The summed E-state index contributed by atoms with van der Waals surface area (Å²) in [5.74, 6) is 1.34. The molecule has 2 atom stereocenters. The summed E-state index contributed by atoms with van der Waals surface area (Å²) in [5.41, 5.74) is -0.687. The van der Waals surface area contributed by atoms with Crippen LogP contribution in [0.4, 0.5) is 13.2 Å². The molecular weight excluding hydrogens is 419 g/mol. The number of aliphatic hydroxyl groups is 1. The molecule has 0 amide bonds. The highest BCUT2D eigenvalue weighted by Gasteiger charge is 2.30. The van der Waals surface area contributed by atoms with Gasteiger partial charge in [0.05, 0.1) is 12.2 Å². The van der Waals surface area contributed by atoms with Crippen LogP contribution in [0.2, 0.25) is 5.02 Å². The minimum absolute atomic E-state index is 0.185. The van der Waals surface area contributed by atoms with E-state index in [0.717, 1.165) is 38.1 Å². The predicted octanol–water partition coefficient (Wildman–Crippen LogP) is 4.89. The van der Waals surface area contributed by atoms with Crippen LogP contribution in [0.1, 0.15) is 18.4 Å². The summed E-state index contributed by atoms with van der Waals surface area (Å²) in [6.07, 6.45) is -3.02. The van der Waals surface area contributed by atoms with E-state index in [1.165, 1.54) is 12.1 Å². The molecule has 0 radical (unpaired) electrons. The third-order valence-corrected chi connectivity index (χ3v) is 5.25. The van der Waals surface area contributed by atoms with Crippen molar-refractivity contribution in [1.82, 2.24) is 4.90 Å². The molecule has 1 N–H and O–H groups in total. The van der Waals surface area contributed by atoms with Crippen molar-refractivity contribution in [2.75, 3.05) is 32.8 Å². The van der Waals surface area contributed by atoms with E-state index in [2.05, 4.69) is 4.90 Å². The van der Waals surface area contributed by atoms with Gasteiger partial charge in [-0.15, -0.1) is 0 Å². The number of β-amino-alcohol motifs (C(OH)–C–C–N with tert-alkyl or cyclic N) is 1. The lowest BCUT2D eigenvalue weighted by atomic mass is 9.98. The van der Waals surface area contributed by atoms with Crippen molar-refractivity contribution < 1.29 is 27.8 Å². The normalized spacial score (nSPS) is 18.8. The smallest absolute Gasteiger partial charge is 0.416 e. The molecule has 1 aliphatic rings. The van der Waals surface area contributed by atoms with Gasteiger partial charge in [0.25, 0.3) is 0 Å². The number of ether oxygens (including phenoxy) is 2. The minimum Gasteiger partial charge on any atom is -0.493 e. The van der Waals surface area contributed by atoms with Crippen LogP contribution >= 0.6 is 11.6 Å². The standard InChI is InChI=1S/C22H25ClF3NO3/c23-18-5-9-21(10-6-18)30-15-19(28)13-27-11-1-2-16(12-27)14-29-20-7-3-17(4-8-20)22(24,25)26/h3-10,16,19,28H,1-2,11-15H2. The number of piperidine rings is 1. The number of hydrogen-bond donors (Lipinski definition) is 1. The van der Waals surface area contributed by atoms with Gasteiger partial charge in [-0.1, -0.05) is 11.6 Å². The zero-order valence-corrected chi connectivity index (χ0v) is 17.2. The van der Waals surface area contributed by atoms with Gasteiger partial charge in [-0.25, -0.2) is 0 Å². The van der Waals surface area contributed by atoms with Crippen LogP contribution in [0.5, 0.6) is 11.5 Å². The fourth-order valence-corrected chi connectivity index (χ4v) is 3.61. The number of rotatable bonds is 8. The molecular formula is C22H25ClF3NO3. The highest BCUT2D eigenvalue weighted by atomic mass is 35.5. The fraction of sp³-hybridized carbons (Fsp3) is 0.455. The Kier molecular flexibility index (Phi) is 7.86. The third-order valence-electron chi connectivity index (χ3n) is 5.00. The molecule has 0 saturated carbocycles. The number of likely N-dealkylation sites (tertiary alicyclic amines) is 1. The highest BCUT2D eigenvalue weighted by molar-refractivity contribution is 6.30. The van der Waals surface area contributed by atoms with Gasteiger partial charge < -0.3 is 19.5 Å². The summed E-state index contributed by atoms with van der Waals surface area (Å²) in [4.78, 5) is 2.17. The second kappa shape index (κ2) is 10.4. The lowest BCUT2D eigenvalue weighted by Crippen LogP contribution is -2.43. The molecule has 1 heterocycles. The first-order valence-corrected chi connectivity index (χ1v) is 10.3. The van der Waals surface area contributed by atoms with E-state index in [0.29, 0.717) is 29.7 Å². The topological polar surface area (TPSA) is 41.9 Å². The Morgan fingerprint density at radius 3 is 2.33 bits per heavy atom. The molecule has 164 valence electrons. The summed E-state index contributed by atoms with van der Waals surface area (Å²) >= 11 is 5.84. The van der Waals surface area contributed by atoms with Crippen molar-refractivity contribution in [2.24, 2.45) is 5.92 Å². The van der Waals surface area contributed by atoms with E-state index in [1.54, 1.807) is 24.3 Å². The minimum atomic E-state index is -4.35. The second-order valence-corrected chi connectivity index (χ2v) is 7.96. The van der Waals surface area contributed by atoms with Gasteiger partial charge in [-0.05, 0) is 67.9 Å². The summed E-state index contributed by atoms with van der Waals surface area (Å²) in [5, 5.41) is 10.9. The Bertz CT molecular complexity index is 784. The van der Waals surface area contributed by atoms with Crippen molar-refractivity contribution in [3.05, 3.63) is 59.1 Å². The lowest BCUT2D eigenvalue weighted by Gasteiger charge is -2.33. The molecule has 2 unspecified atom stereocenters. The van der Waals surface area contributed by atoms with Crippen molar-refractivity contribution in [3.8, 4) is 11.5 Å². The Labute approximate surface area is 179 Å². The second-order valence-electron chi connectivity index (χ2n) is 7.52. The molecule has 2 aromatic carbocycles. The molecule has 3 rings (SSSR count). The molecule has 0 spiro atoms. The van der Waals surface area contributed by atoms with Gasteiger partial charge in [-0.3, -0.25) is 0 Å². The van der Waals surface area contributed by atoms with Crippen LogP contribution in [-0.4, -0.2) is 49.0 Å². The molecule has 0 bridgehead atoms. The van der Waals surface area contributed by atoms with Crippen LogP contribution in [0, 0.1) is 5.92 Å². The van der Waals surface area contributed by atoms with E-state index in [1.807, 2.05) is 0 Å². The van der Waals surface area contributed by atoms with Gasteiger partial charge in [0.15, 0.2) is 0 Å². The number of alkyl halides is 3. The number of hydrogen-bond acceptors (Lipinski definition) is 4.